The number of carbonyl (C=O) groups excluding carboxylic acids is 1. The Morgan fingerprint density at radius 2 is 2.00 bits per heavy atom. The molecule has 188 valence electrons. The zero-order valence-electron chi connectivity index (χ0n) is 20.6. The van der Waals surface area contributed by atoms with Crippen LogP contribution in [0.2, 0.25) is 0 Å². The highest BCUT2D eigenvalue weighted by atomic mass is 16.5. The molecule has 2 heterocycles. The number of rotatable bonds is 7. The number of piperidine rings is 1. The Hall–Kier alpha value is -3.12. The number of hydrogen-bond acceptors (Lipinski definition) is 8. The fourth-order valence-corrected chi connectivity index (χ4v) is 5.21. The molecule has 9 nitrogen and oxygen atoms in total. The van der Waals surface area contributed by atoms with Crippen molar-refractivity contribution in [1.82, 2.24) is 15.2 Å². The third kappa shape index (κ3) is 6.12. The number of anilines is 1. The van der Waals surface area contributed by atoms with Crippen LogP contribution in [0.3, 0.4) is 0 Å². The number of fused-ring (bicyclic) bond motifs is 1. The van der Waals surface area contributed by atoms with Crippen molar-refractivity contribution in [1.29, 1.82) is 5.26 Å². The van der Waals surface area contributed by atoms with Gasteiger partial charge >= 0.3 is 5.76 Å². The molecule has 1 saturated heterocycles. The average Bonchev–Trinajstić information content (AvgIpc) is 3.13. The summed E-state index contributed by atoms with van der Waals surface area (Å²) >= 11 is 0. The maximum atomic E-state index is 13.7. The number of aromatic nitrogens is 1. The van der Waals surface area contributed by atoms with Crippen LogP contribution in [-0.2, 0) is 4.79 Å². The summed E-state index contributed by atoms with van der Waals surface area (Å²) in [6.45, 7) is 1.50. The van der Waals surface area contributed by atoms with Crippen LogP contribution in [0.25, 0.3) is 11.0 Å². The van der Waals surface area contributed by atoms with E-state index in [4.69, 9.17) is 9.15 Å². The van der Waals surface area contributed by atoms with E-state index in [1.165, 1.54) is 12.8 Å². The minimum Gasteiger partial charge on any atom is -0.497 e. The predicted molar refractivity (Wildman–Crippen MR) is 133 cm³/mol. The Balaban J connectivity index is 1.63. The van der Waals surface area contributed by atoms with E-state index in [1.807, 2.05) is 7.05 Å². The molecule has 1 aromatic heterocycles. The molecule has 2 N–H and O–H groups in total. The largest absolute Gasteiger partial charge is 0.497 e. The SMILES string of the molecule is COc1ccc2oc(=O)nc(NC(CC3CCCCCC3)C(=O)NC3(C#N)CCN(C)CC3)c2c1. The molecule has 0 spiro atoms. The summed E-state index contributed by atoms with van der Waals surface area (Å²) in [5.74, 6) is 0.306. The number of nitriles is 1. The van der Waals surface area contributed by atoms with Gasteiger partial charge < -0.3 is 24.7 Å². The third-order valence-electron chi connectivity index (χ3n) is 7.43. The number of benzene rings is 1. The van der Waals surface area contributed by atoms with E-state index in [9.17, 15) is 14.9 Å². The van der Waals surface area contributed by atoms with Crippen molar-refractivity contribution < 1.29 is 13.9 Å². The number of nitrogens with zero attached hydrogens (tertiary/aromatic N) is 3. The quantitative estimate of drug-likeness (QED) is 0.577. The monoisotopic (exact) mass is 481 g/mol. The molecule has 2 fully saturated rings. The van der Waals surface area contributed by atoms with E-state index in [1.54, 1.807) is 25.3 Å². The molecule has 1 aliphatic carbocycles. The molecule has 2 aromatic rings. The van der Waals surface area contributed by atoms with Gasteiger partial charge in [0.1, 0.15) is 28.7 Å². The molecule has 1 saturated carbocycles. The Bertz CT molecular complexity index is 1120. The molecule has 1 amide bonds. The van der Waals surface area contributed by atoms with Crippen LogP contribution in [-0.4, -0.2) is 54.6 Å². The van der Waals surface area contributed by atoms with Crippen molar-refractivity contribution in [3.63, 3.8) is 0 Å². The van der Waals surface area contributed by atoms with E-state index in [0.29, 0.717) is 47.7 Å². The minimum absolute atomic E-state index is 0.230. The number of likely N-dealkylation sites (tertiary alicyclic amines) is 1. The van der Waals surface area contributed by atoms with E-state index in [0.717, 1.165) is 38.8 Å². The first-order valence-electron chi connectivity index (χ1n) is 12.6. The first kappa shape index (κ1) is 25.0. The van der Waals surface area contributed by atoms with Gasteiger partial charge in [-0.05, 0) is 50.4 Å². The first-order chi connectivity index (χ1) is 16.9. The molecule has 0 bridgehead atoms. The Morgan fingerprint density at radius 3 is 2.66 bits per heavy atom. The third-order valence-corrected chi connectivity index (χ3v) is 7.43. The normalized spacial score (nSPS) is 19.9. The van der Waals surface area contributed by atoms with Crippen LogP contribution in [0.15, 0.2) is 27.4 Å². The van der Waals surface area contributed by atoms with Crippen LogP contribution in [0.1, 0.15) is 57.8 Å². The second kappa shape index (κ2) is 11.1. The highest BCUT2D eigenvalue weighted by Crippen LogP contribution is 2.30. The standard InChI is InChI=1S/C26H35N5O4/c1-31-13-11-26(17-27,12-14-31)30-24(32)21(15-18-7-5-3-4-6-8-18)28-23-20-16-19(34-2)9-10-22(20)35-25(33)29-23/h9-10,16,18,21H,3-8,11-15H2,1-2H3,(H,30,32)(H,28,29,33). The topological polar surface area (TPSA) is 120 Å². The van der Waals surface area contributed by atoms with E-state index in [2.05, 4.69) is 26.6 Å². The number of carbonyl (C=O) groups is 1. The van der Waals surface area contributed by atoms with Crippen LogP contribution in [0, 0.1) is 17.2 Å². The number of amides is 1. The molecule has 0 radical (unpaired) electrons. The average molecular weight is 482 g/mol. The van der Waals surface area contributed by atoms with E-state index in [-0.39, 0.29) is 5.91 Å². The maximum Gasteiger partial charge on any atom is 0.441 e. The molecule has 2 aliphatic rings. The van der Waals surface area contributed by atoms with Crippen LogP contribution < -0.4 is 21.1 Å². The number of ether oxygens (including phenoxy) is 1. The summed E-state index contributed by atoms with van der Waals surface area (Å²) in [7, 11) is 3.58. The molecule has 9 heteroatoms. The zero-order chi connectivity index (χ0) is 24.8. The van der Waals surface area contributed by atoms with E-state index >= 15 is 0 Å². The summed E-state index contributed by atoms with van der Waals surface area (Å²) in [4.78, 5) is 32.1. The summed E-state index contributed by atoms with van der Waals surface area (Å²) in [5, 5.41) is 16.9. The van der Waals surface area contributed by atoms with E-state index < -0.39 is 17.3 Å². The molecule has 4 rings (SSSR count). The number of hydrogen-bond donors (Lipinski definition) is 2. The van der Waals surface area contributed by atoms with Gasteiger partial charge in [0.25, 0.3) is 0 Å². The van der Waals surface area contributed by atoms with Gasteiger partial charge in [0, 0.05) is 13.1 Å². The van der Waals surface area contributed by atoms with Gasteiger partial charge in [0.2, 0.25) is 5.91 Å². The first-order valence-corrected chi connectivity index (χ1v) is 12.6. The Kier molecular flexibility index (Phi) is 7.91. The van der Waals surface area contributed by atoms with Crippen LogP contribution in [0.4, 0.5) is 5.82 Å². The van der Waals surface area contributed by atoms with Crippen molar-refractivity contribution in [3.8, 4) is 11.8 Å². The smallest absolute Gasteiger partial charge is 0.441 e. The fraction of sp³-hybridized carbons (Fsp3) is 0.615. The lowest BCUT2D eigenvalue weighted by molar-refractivity contribution is -0.124. The highest BCUT2D eigenvalue weighted by Gasteiger charge is 2.37. The van der Waals surface area contributed by atoms with Gasteiger partial charge in [-0.1, -0.05) is 38.5 Å². The summed E-state index contributed by atoms with van der Waals surface area (Å²) in [6, 6.07) is 6.85. The molecule has 1 unspecified atom stereocenters. The molecule has 1 atom stereocenters. The van der Waals surface area contributed by atoms with Gasteiger partial charge in [-0.25, -0.2) is 4.79 Å². The van der Waals surface area contributed by atoms with Crippen LogP contribution in [0.5, 0.6) is 5.75 Å². The Labute approximate surface area is 205 Å². The fourth-order valence-electron chi connectivity index (χ4n) is 5.21. The van der Waals surface area contributed by atoms with Gasteiger partial charge in [0.15, 0.2) is 0 Å². The van der Waals surface area contributed by atoms with Gasteiger partial charge in [0.05, 0.1) is 18.6 Å². The highest BCUT2D eigenvalue weighted by molar-refractivity contribution is 5.92. The molecular weight excluding hydrogens is 446 g/mol. The second-order valence-electron chi connectivity index (χ2n) is 9.97. The molecule has 1 aromatic carbocycles. The van der Waals surface area contributed by atoms with Crippen LogP contribution >= 0.6 is 0 Å². The molecule has 1 aliphatic heterocycles. The Morgan fingerprint density at radius 1 is 1.29 bits per heavy atom. The summed E-state index contributed by atoms with van der Waals surface area (Å²) < 4.78 is 10.6. The number of methoxy groups -OCH3 is 1. The summed E-state index contributed by atoms with van der Waals surface area (Å²) in [6.07, 6.45) is 8.65. The maximum absolute atomic E-state index is 13.7. The lowest BCUT2D eigenvalue weighted by Crippen LogP contribution is -2.57. The lowest BCUT2D eigenvalue weighted by atomic mass is 9.87. The number of nitrogens with one attached hydrogen (secondary N) is 2. The summed E-state index contributed by atoms with van der Waals surface area (Å²) in [5.41, 5.74) is -0.521. The lowest BCUT2D eigenvalue weighted by Gasteiger charge is -2.37. The molecular formula is C26H35N5O4. The van der Waals surface area contributed by atoms with Crippen molar-refractivity contribution in [2.45, 2.75) is 69.4 Å². The minimum atomic E-state index is -0.887. The van der Waals surface area contributed by atoms with Gasteiger partial charge in [-0.15, -0.1) is 0 Å². The van der Waals surface area contributed by atoms with Gasteiger partial charge in [-0.2, -0.15) is 10.2 Å². The zero-order valence-corrected chi connectivity index (χ0v) is 20.6. The van der Waals surface area contributed by atoms with Crippen molar-refractivity contribution in [2.24, 2.45) is 5.92 Å². The predicted octanol–water partition coefficient (Wildman–Crippen LogP) is 3.44. The van der Waals surface area contributed by atoms with Crippen molar-refractivity contribution in [3.05, 3.63) is 28.7 Å². The van der Waals surface area contributed by atoms with Gasteiger partial charge in [-0.3, -0.25) is 4.79 Å². The second-order valence-corrected chi connectivity index (χ2v) is 9.97. The molecule has 35 heavy (non-hydrogen) atoms. The van der Waals surface area contributed by atoms with Crippen molar-refractivity contribution >= 4 is 22.7 Å². The van der Waals surface area contributed by atoms with Crippen molar-refractivity contribution in [2.75, 3.05) is 32.6 Å².